The molecule has 0 atom stereocenters. The summed E-state index contributed by atoms with van der Waals surface area (Å²) >= 11 is 6.41. The molecule has 1 saturated carbocycles. The number of hydrogen-bond donors (Lipinski definition) is 1. The van der Waals surface area contributed by atoms with Gasteiger partial charge in [-0.1, -0.05) is 62.9 Å². The molecule has 0 saturated heterocycles. The van der Waals surface area contributed by atoms with Crippen LogP contribution in [0.1, 0.15) is 70.6 Å². The molecule has 1 aromatic carbocycles. The lowest BCUT2D eigenvalue weighted by molar-refractivity contribution is -0.135. The number of nitrogens with zero attached hydrogens (tertiary/aromatic N) is 3. The summed E-state index contributed by atoms with van der Waals surface area (Å²) in [7, 11) is 0. The Morgan fingerprint density at radius 2 is 1.86 bits per heavy atom. The van der Waals surface area contributed by atoms with E-state index in [9.17, 15) is 9.59 Å². The number of aromatic nitrogens is 1. The standard InChI is InChI=1S/C28H41ClN4O2/c1-4-30-28(35)32(18-16-22(2)3)21-27(34)33(24-12-6-5-7-13-24)20-25-14-10-17-31(25)19-23-11-8-9-15-26(23)29/h8-11,14-15,17,22,24H,4-7,12-13,16,18-21H2,1-3H3,(H,30,35). The van der Waals surface area contributed by atoms with Gasteiger partial charge >= 0.3 is 6.03 Å². The molecule has 0 unspecified atom stereocenters. The summed E-state index contributed by atoms with van der Waals surface area (Å²) in [6, 6.07) is 12.0. The average Bonchev–Trinajstić information content (AvgIpc) is 3.28. The Balaban J connectivity index is 1.79. The third-order valence-corrected chi connectivity index (χ3v) is 7.18. The van der Waals surface area contributed by atoms with E-state index >= 15 is 0 Å². The maximum absolute atomic E-state index is 13.7. The van der Waals surface area contributed by atoms with Gasteiger partial charge in [0.2, 0.25) is 5.91 Å². The van der Waals surface area contributed by atoms with Crippen LogP contribution in [-0.2, 0) is 17.9 Å². The fraction of sp³-hybridized carbons (Fsp3) is 0.571. The van der Waals surface area contributed by atoms with Crippen molar-refractivity contribution in [2.24, 2.45) is 5.92 Å². The number of benzene rings is 1. The fourth-order valence-electron chi connectivity index (χ4n) is 4.73. The molecule has 0 aliphatic heterocycles. The van der Waals surface area contributed by atoms with Crippen LogP contribution in [0.4, 0.5) is 4.79 Å². The molecule has 1 fully saturated rings. The Morgan fingerprint density at radius 1 is 1.11 bits per heavy atom. The van der Waals surface area contributed by atoms with Crippen molar-refractivity contribution in [2.75, 3.05) is 19.6 Å². The summed E-state index contributed by atoms with van der Waals surface area (Å²) < 4.78 is 2.17. The Bertz CT molecular complexity index is 952. The largest absolute Gasteiger partial charge is 0.345 e. The lowest BCUT2D eigenvalue weighted by atomic mass is 9.94. The summed E-state index contributed by atoms with van der Waals surface area (Å²) in [6.07, 6.45) is 8.46. The van der Waals surface area contributed by atoms with Gasteiger partial charge in [0.25, 0.3) is 0 Å². The van der Waals surface area contributed by atoms with Gasteiger partial charge in [0, 0.05) is 42.6 Å². The number of carbonyl (C=O) groups is 2. The van der Waals surface area contributed by atoms with Crippen LogP contribution in [0.15, 0.2) is 42.6 Å². The van der Waals surface area contributed by atoms with Crippen LogP contribution in [0.25, 0.3) is 0 Å². The van der Waals surface area contributed by atoms with Gasteiger partial charge in [0.1, 0.15) is 6.54 Å². The molecular formula is C28H41ClN4O2. The minimum atomic E-state index is -0.160. The molecule has 1 aromatic heterocycles. The normalized spacial score (nSPS) is 14.2. The second-order valence-corrected chi connectivity index (χ2v) is 10.4. The number of carbonyl (C=O) groups excluding carboxylic acids is 2. The van der Waals surface area contributed by atoms with Gasteiger partial charge in [-0.2, -0.15) is 0 Å². The highest BCUT2D eigenvalue weighted by atomic mass is 35.5. The van der Waals surface area contributed by atoms with Crippen LogP contribution in [0, 0.1) is 5.92 Å². The SMILES string of the molecule is CCNC(=O)N(CCC(C)C)CC(=O)N(Cc1cccn1Cc1ccccc1Cl)C1CCCCC1. The summed E-state index contributed by atoms with van der Waals surface area (Å²) in [6.45, 7) is 8.62. The molecule has 1 N–H and O–H groups in total. The zero-order valence-corrected chi connectivity index (χ0v) is 22.3. The Morgan fingerprint density at radius 3 is 2.54 bits per heavy atom. The third kappa shape index (κ3) is 8.03. The van der Waals surface area contributed by atoms with Crippen LogP contribution >= 0.6 is 11.6 Å². The van der Waals surface area contributed by atoms with E-state index in [0.717, 1.165) is 48.4 Å². The molecule has 3 amide bonds. The van der Waals surface area contributed by atoms with Crippen molar-refractivity contribution < 1.29 is 9.59 Å². The molecule has 0 bridgehead atoms. The van der Waals surface area contributed by atoms with E-state index in [1.54, 1.807) is 4.90 Å². The van der Waals surface area contributed by atoms with Gasteiger partial charge in [-0.05, 0) is 55.9 Å². The molecule has 2 aromatic rings. The predicted molar refractivity (Wildman–Crippen MR) is 143 cm³/mol. The molecule has 1 heterocycles. The fourth-order valence-corrected chi connectivity index (χ4v) is 4.92. The minimum absolute atomic E-state index is 0.0254. The smallest absolute Gasteiger partial charge is 0.317 e. The molecule has 7 heteroatoms. The molecule has 35 heavy (non-hydrogen) atoms. The number of halogens is 1. The van der Waals surface area contributed by atoms with Gasteiger partial charge in [-0.25, -0.2) is 4.79 Å². The van der Waals surface area contributed by atoms with E-state index in [2.05, 4.69) is 29.8 Å². The van der Waals surface area contributed by atoms with E-state index < -0.39 is 0 Å². The van der Waals surface area contributed by atoms with E-state index in [1.165, 1.54) is 6.42 Å². The summed E-state index contributed by atoms with van der Waals surface area (Å²) in [4.78, 5) is 30.2. The maximum Gasteiger partial charge on any atom is 0.317 e. The predicted octanol–water partition coefficient (Wildman–Crippen LogP) is 5.93. The van der Waals surface area contributed by atoms with E-state index in [0.29, 0.717) is 32.1 Å². The first-order chi connectivity index (χ1) is 16.9. The quantitative estimate of drug-likeness (QED) is 0.415. The number of nitrogens with one attached hydrogen (secondary N) is 1. The molecule has 1 aliphatic carbocycles. The highest BCUT2D eigenvalue weighted by molar-refractivity contribution is 6.31. The summed E-state index contributed by atoms with van der Waals surface area (Å²) in [5, 5.41) is 3.63. The molecule has 0 radical (unpaired) electrons. The Labute approximate surface area is 215 Å². The maximum atomic E-state index is 13.7. The van der Waals surface area contributed by atoms with Crippen LogP contribution in [0.5, 0.6) is 0 Å². The lowest BCUT2D eigenvalue weighted by Gasteiger charge is -2.36. The van der Waals surface area contributed by atoms with Crippen LogP contribution < -0.4 is 5.32 Å². The zero-order chi connectivity index (χ0) is 25.2. The van der Waals surface area contributed by atoms with Crippen molar-refractivity contribution in [3.63, 3.8) is 0 Å². The molecule has 0 spiro atoms. The van der Waals surface area contributed by atoms with Crippen LogP contribution in [0.3, 0.4) is 0 Å². The van der Waals surface area contributed by atoms with Gasteiger partial charge in [0.15, 0.2) is 0 Å². The first-order valence-corrected chi connectivity index (χ1v) is 13.5. The minimum Gasteiger partial charge on any atom is -0.345 e. The Hall–Kier alpha value is -2.47. The van der Waals surface area contributed by atoms with Crippen molar-refractivity contribution in [3.05, 3.63) is 58.9 Å². The molecule has 192 valence electrons. The van der Waals surface area contributed by atoms with Crippen molar-refractivity contribution in [1.29, 1.82) is 0 Å². The number of amides is 3. The molecule has 1 aliphatic rings. The second-order valence-electron chi connectivity index (χ2n) is 9.97. The Kier molecular flexibility index (Phi) is 10.5. The first-order valence-electron chi connectivity index (χ1n) is 13.1. The summed E-state index contributed by atoms with van der Waals surface area (Å²) in [5.74, 6) is 0.488. The topological polar surface area (TPSA) is 57.6 Å². The van der Waals surface area contributed by atoms with Gasteiger partial charge in [-0.3, -0.25) is 4.79 Å². The highest BCUT2D eigenvalue weighted by Gasteiger charge is 2.28. The number of hydrogen-bond acceptors (Lipinski definition) is 2. The molecule has 6 nitrogen and oxygen atoms in total. The molecule has 3 rings (SSSR count). The first kappa shape index (κ1) is 27.1. The lowest BCUT2D eigenvalue weighted by Crippen LogP contribution is -2.50. The average molecular weight is 501 g/mol. The van der Waals surface area contributed by atoms with Gasteiger partial charge in [-0.15, -0.1) is 0 Å². The van der Waals surface area contributed by atoms with E-state index in [4.69, 9.17) is 11.6 Å². The van der Waals surface area contributed by atoms with Crippen molar-refractivity contribution >= 4 is 23.5 Å². The number of rotatable bonds is 11. The van der Waals surface area contributed by atoms with E-state index in [1.807, 2.05) is 48.4 Å². The van der Waals surface area contributed by atoms with Gasteiger partial charge < -0.3 is 19.7 Å². The van der Waals surface area contributed by atoms with Crippen molar-refractivity contribution in [2.45, 2.75) is 78.4 Å². The van der Waals surface area contributed by atoms with E-state index in [-0.39, 0.29) is 24.5 Å². The van der Waals surface area contributed by atoms with Crippen molar-refractivity contribution in [3.8, 4) is 0 Å². The van der Waals surface area contributed by atoms with Gasteiger partial charge in [0.05, 0.1) is 6.54 Å². The number of urea groups is 1. The van der Waals surface area contributed by atoms with Crippen LogP contribution in [-0.4, -0.2) is 52.0 Å². The molecular weight excluding hydrogens is 460 g/mol. The highest BCUT2D eigenvalue weighted by Crippen LogP contribution is 2.25. The third-order valence-electron chi connectivity index (χ3n) is 6.81. The van der Waals surface area contributed by atoms with Crippen molar-refractivity contribution in [1.82, 2.24) is 19.7 Å². The second kappa shape index (κ2) is 13.6. The monoisotopic (exact) mass is 500 g/mol. The zero-order valence-electron chi connectivity index (χ0n) is 21.5. The van der Waals surface area contributed by atoms with Crippen LogP contribution in [0.2, 0.25) is 5.02 Å². The summed E-state index contributed by atoms with van der Waals surface area (Å²) in [5.41, 5.74) is 2.13.